The molecule has 0 amide bonds. The van der Waals surface area contributed by atoms with E-state index in [-0.39, 0.29) is 11.1 Å². The van der Waals surface area contributed by atoms with E-state index in [4.69, 9.17) is 4.42 Å². The summed E-state index contributed by atoms with van der Waals surface area (Å²) in [4.78, 5) is 6.60. The van der Waals surface area contributed by atoms with Crippen LogP contribution in [0.3, 0.4) is 0 Å². The number of H-pyrrole nitrogens is 1. The molecule has 0 aromatic carbocycles. The standard InChI is InChI=1S/C12H17N3O3S/c1-9(5-6-11-4-3-7-18-11)15-19(16,17)12-8-13-10(2)14-12/h3-4,7-9,15H,5-6H2,1-2H3,(H,13,14). The highest BCUT2D eigenvalue weighted by Crippen LogP contribution is 2.09. The van der Waals surface area contributed by atoms with E-state index in [1.54, 1.807) is 13.2 Å². The SMILES string of the molecule is Cc1ncc(S(=O)(=O)NC(C)CCc2ccco2)[nH]1. The molecule has 0 saturated carbocycles. The summed E-state index contributed by atoms with van der Waals surface area (Å²) < 4.78 is 31.8. The Balaban J connectivity index is 1.92. The van der Waals surface area contributed by atoms with Gasteiger partial charge in [0.2, 0.25) is 0 Å². The van der Waals surface area contributed by atoms with Gasteiger partial charge in [0.15, 0.2) is 5.03 Å². The maximum Gasteiger partial charge on any atom is 0.257 e. The first-order valence-corrected chi connectivity index (χ1v) is 7.52. The lowest BCUT2D eigenvalue weighted by Gasteiger charge is -2.12. The molecule has 2 aromatic heterocycles. The Morgan fingerprint density at radius 1 is 1.53 bits per heavy atom. The number of hydrogen-bond donors (Lipinski definition) is 2. The van der Waals surface area contributed by atoms with E-state index in [2.05, 4.69) is 14.7 Å². The first-order valence-electron chi connectivity index (χ1n) is 6.04. The van der Waals surface area contributed by atoms with Gasteiger partial charge in [0, 0.05) is 12.5 Å². The Morgan fingerprint density at radius 3 is 2.89 bits per heavy atom. The maximum absolute atomic E-state index is 12.0. The van der Waals surface area contributed by atoms with Crippen LogP contribution in [0.1, 0.15) is 24.9 Å². The molecule has 2 heterocycles. The number of hydrogen-bond acceptors (Lipinski definition) is 4. The molecule has 0 spiro atoms. The average Bonchev–Trinajstić information content (AvgIpc) is 2.96. The molecule has 1 unspecified atom stereocenters. The highest BCUT2D eigenvalue weighted by Gasteiger charge is 2.19. The van der Waals surface area contributed by atoms with E-state index in [9.17, 15) is 8.42 Å². The molecule has 0 bridgehead atoms. The van der Waals surface area contributed by atoms with E-state index in [0.717, 1.165) is 5.76 Å². The lowest BCUT2D eigenvalue weighted by atomic mass is 10.2. The molecule has 1 atom stereocenters. The second-order valence-corrected chi connectivity index (χ2v) is 6.16. The monoisotopic (exact) mass is 283 g/mol. The number of imidazole rings is 1. The number of rotatable bonds is 6. The Kier molecular flexibility index (Phi) is 4.06. The molecule has 0 aliphatic heterocycles. The van der Waals surface area contributed by atoms with Gasteiger partial charge in [-0.1, -0.05) is 0 Å². The average molecular weight is 283 g/mol. The molecule has 0 fully saturated rings. The summed E-state index contributed by atoms with van der Waals surface area (Å²) in [7, 11) is -3.53. The zero-order valence-electron chi connectivity index (χ0n) is 10.9. The van der Waals surface area contributed by atoms with E-state index >= 15 is 0 Å². The number of aromatic nitrogens is 2. The third-order valence-corrected chi connectivity index (χ3v) is 4.23. The number of furan rings is 1. The minimum atomic E-state index is -3.53. The summed E-state index contributed by atoms with van der Waals surface area (Å²) in [6.07, 6.45) is 4.28. The third kappa shape index (κ3) is 3.68. The summed E-state index contributed by atoms with van der Waals surface area (Å²) in [6, 6.07) is 3.51. The molecule has 0 saturated heterocycles. The smallest absolute Gasteiger partial charge is 0.257 e. The fourth-order valence-corrected chi connectivity index (χ4v) is 2.98. The van der Waals surface area contributed by atoms with Crippen molar-refractivity contribution in [3.05, 3.63) is 36.2 Å². The van der Waals surface area contributed by atoms with Crippen LogP contribution in [0.2, 0.25) is 0 Å². The van der Waals surface area contributed by atoms with Gasteiger partial charge in [0.25, 0.3) is 10.0 Å². The van der Waals surface area contributed by atoms with Crippen molar-refractivity contribution in [1.29, 1.82) is 0 Å². The molecular weight excluding hydrogens is 266 g/mol. The van der Waals surface area contributed by atoms with E-state index < -0.39 is 10.0 Å². The molecule has 0 aliphatic rings. The van der Waals surface area contributed by atoms with Gasteiger partial charge in [-0.3, -0.25) is 0 Å². The Labute approximate surface area is 112 Å². The van der Waals surface area contributed by atoms with Crippen molar-refractivity contribution in [1.82, 2.24) is 14.7 Å². The van der Waals surface area contributed by atoms with Gasteiger partial charge in [-0.25, -0.2) is 18.1 Å². The van der Waals surface area contributed by atoms with E-state index in [1.165, 1.54) is 6.20 Å². The van der Waals surface area contributed by atoms with Gasteiger partial charge >= 0.3 is 0 Å². The summed E-state index contributed by atoms with van der Waals surface area (Å²) in [5, 5.41) is 0.0925. The number of aromatic amines is 1. The van der Waals surface area contributed by atoms with Crippen LogP contribution in [0.4, 0.5) is 0 Å². The molecular formula is C12H17N3O3S. The second-order valence-electron chi connectivity index (χ2n) is 4.47. The summed E-state index contributed by atoms with van der Waals surface area (Å²) >= 11 is 0. The van der Waals surface area contributed by atoms with Crippen molar-refractivity contribution in [3.8, 4) is 0 Å². The van der Waals surface area contributed by atoms with Crippen molar-refractivity contribution < 1.29 is 12.8 Å². The van der Waals surface area contributed by atoms with Gasteiger partial charge in [-0.2, -0.15) is 0 Å². The van der Waals surface area contributed by atoms with E-state index in [1.807, 2.05) is 19.1 Å². The molecule has 104 valence electrons. The van der Waals surface area contributed by atoms with Crippen molar-refractivity contribution in [2.24, 2.45) is 0 Å². The molecule has 2 rings (SSSR count). The molecule has 7 heteroatoms. The summed E-state index contributed by atoms with van der Waals surface area (Å²) in [5.74, 6) is 1.42. The van der Waals surface area contributed by atoms with Crippen LogP contribution >= 0.6 is 0 Å². The first-order chi connectivity index (χ1) is 8.97. The zero-order valence-corrected chi connectivity index (χ0v) is 11.7. The largest absolute Gasteiger partial charge is 0.469 e. The van der Waals surface area contributed by atoms with Crippen LogP contribution in [-0.2, 0) is 16.4 Å². The van der Waals surface area contributed by atoms with E-state index in [0.29, 0.717) is 18.7 Å². The molecule has 0 aliphatic carbocycles. The van der Waals surface area contributed by atoms with Gasteiger partial charge in [-0.15, -0.1) is 0 Å². The minimum absolute atomic E-state index is 0.0925. The quantitative estimate of drug-likeness (QED) is 0.843. The van der Waals surface area contributed by atoms with Crippen molar-refractivity contribution in [3.63, 3.8) is 0 Å². The van der Waals surface area contributed by atoms with Crippen LogP contribution in [0.25, 0.3) is 0 Å². The first kappa shape index (κ1) is 13.8. The Morgan fingerprint density at radius 2 is 2.32 bits per heavy atom. The van der Waals surface area contributed by atoms with Gasteiger partial charge < -0.3 is 9.40 Å². The van der Waals surface area contributed by atoms with Crippen LogP contribution in [0, 0.1) is 6.92 Å². The van der Waals surface area contributed by atoms with Crippen molar-refractivity contribution in [2.45, 2.75) is 37.8 Å². The van der Waals surface area contributed by atoms with Gasteiger partial charge in [-0.05, 0) is 32.4 Å². The predicted molar refractivity (Wildman–Crippen MR) is 70.1 cm³/mol. The van der Waals surface area contributed by atoms with Crippen LogP contribution in [0.5, 0.6) is 0 Å². The van der Waals surface area contributed by atoms with Crippen LogP contribution in [0.15, 0.2) is 34.0 Å². The van der Waals surface area contributed by atoms with Crippen LogP contribution < -0.4 is 4.72 Å². The summed E-state index contributed by atoms with van der Waals surface area (Å²) in [5.41, 5.74) is 0. The number of nitrogens with zero attached hydrogens (tertiary/aromatic N) is 1. The Bertz CT molecular complexity index is 616. The number of nitrogens with one attached hydrogen (secondary N) is 2. The van der Waals surface area contributed by atoms with Crippen molar-refractivity contribution >= 4 is 10.0 Å². The molecule has 6 nitrogen and oxygen atoms in total. The highest BCUT2D eigenvalue weighted by molar-refractivity contribution is 7.89. The fraction of sp³-hybridized carbons (Fsp3) is 0.417. The van der Waals surface area contributed by atoms with Crippen molar-refractivity contribution in [2.75, 3.05) is 0 Å². The summed E-state index contributed by atoms with van der Waals surface area (Å²) in [6.45, 7) is 3.53. The second kappa shape index (κ2) is 5.58. The fourth-order valence-electron chi connectivity index (χ4n) is 1.74. The van der Waals surface area contributed by atoms with Gasteiger partial charge in [0.1, 0.15) is 11.6 Å². The lowest BCUT2D eigenvalue weighted by molar-refractivity contribution is 0.479. The minimum Gasteiger partial charge on any atom is -0.469 e. The molecule has 19 heavy (non-hydrogen) atoms. The normalized spacial score (nSPS) is 13.6. The molecule has 2 N–H and O–H groups in total. The van der Waals surface area contributed by atoms with Crippen LogP contribution in [-0.4, -0.2) is 24.4 Å². The topological polar surface area (TPSA) is 88.0 Å². The number of sulfonamides is 1. The number of aryl methyl sites for hydroxylation is 2. The lowest BCUT2D eigenvalue weighted by Crippen LogP contribution is -2.33. The third-order valence-electron chi connectivity index (χ3n) is 2.73. The highest BCUT2D eigenvalue weighted by atomic mass is 32.2. The molecule has 0 radical (unpaired) electrons. The zero-order chi connectivity index (χ0) is 13.9. The predicted octanol–water partition coefficient (Wildman–Crippen LogP) is 1.61. The maximum atomic E-state index is 12.0. The molecule has 2 aromatic rings. The Hall–Kier alpha value is -1.60. The van der Waals surface area contributed by atoms with Gasteiger partial charge in [0.05, 0.1) is 12.5 Å².